The first-order chi connectivity index (χ1) is 10.0. The molecule has 1 rings (SSSR count). The van der Waals surface area contributed by atoms with Gasteiger partial charge in [0.2, 0.25) is 0 Å². The molecule has 21 heavy (non-hydrogen) atoms. The van der Waals surface area contributed by atoms with Crippen LogP contribution < -0.4 is 5.43 Å². The average molecular weight is 293 g/mol. The summed E-state index contributed by atoms with van der Waals surface area (Å²) >= 11 is 0. The lowest BCUT2D eigenvalue weighted by Crippen LogP contribution is -2.27. The molecule has 8 heteroatoms. The highest BCUT2D eigenvalue weighted by atomic mass is 16.5. The maximum absolute atomic E-state index is 11.6. The van der Waals surface area contributed by atoms with Gasteiger partial charge in [0.1, 0.15) is 6.04 Å². The molecule has 0 spiro atoms. The number of benzene rings is 1. The summed E-state index contributed by atoms with van der Waals surface area (Å²) in [5.41, 5.74) is 2.90. The minimum atomic E-state index is -0.991. The third-order valence-electron chi connectivity index (χ3n) is 2.58. The van der Waals surface area contributed by atoms with Crippen molar-refractivity contribution in [2.24, 2.45) is 10.3 Å². The Balaban J connectivity index is 3.09. The summed E-state index contributed by atoms with van der Waals surface area (Å²) in [5.74, 6) is -1.35. The van der Waals surface area contributed by atoms with Gasteiger partial charge < -0.3 is 9.47 Å². The number of para-hydroxylation sites is 1. The summed E-state index contributed by atoms with van der Waals surface area (Å²) in [7, 11) is 2.42. The molecule has 0 saturated carbocycles. The summed E-state index contributed by atoms with van der Waals surface area (Å²) in [4.78, 5) is 33.7. The molecule has 1 N–H and O–H groups in total. The molecule has 0 saturated heterocycles. The van der Waals surface area contributed by atoms with Gasteiger partial charge in [0.15, 0.2) is 5.71 Å². The molecule has 1 aromatic carbocycles. The minimum absolute atomic E-state index is 0.202. The van der Waals surface area contributed by atoms with Crippen LogP contribution in [0.1, 0.15) is 17.3 Å². The Morgan fingerprint density at radius 2 is 1.86 bits per heavy atom. The number of carbonyl (C=O) groups is 2. The second-order valence-electron chi connectivity index (χ2n) is 3.92. The first-order valence-corrected chi connectivity index (χ1v) is 5.96. The summed E-state index contributed by atoms with van der Waals surface area (Å²) in [6.07, 6.45) is 0. The molecule has 1 unspecified atom stereocenters. The van der Waals surface area contributed by atoms with Crippen LogP contribution in [-0.2, 0) is 14.3 Å². The Morgan fingerprint density at radius 3 is 2.43 bits per heavy atom. The molecule has 0 aliphatic rings. The van der Waals surface area contributed by atoms with E-state index in [1.54, 1.807) is 18.2 Å². The molecule has 0 aliphatic heterocycles. The quantitative estimate of drug-likeness (QED) is 0.369. The van der Waals surface area contributed by atoms with E-state index in [0.29, 0.717) is 5.69 Å². The SMILES string of the molecule is COC(=O)/C(=N/Nc1ccccc1C(=O)OC)C(C)N=O. The number of ether oxygens (including phenoxy) is 2. The first-order valence-electron chi connectivity index (χ1n) is 5.96. The van der Waals surface area contributed by atoms with Crippen molar-refractivity contribution in [2.45, 2.75) is 13.0 Å². The highest BCUT2D eigenvalue weighted by Crippen LogP contribution is 2.16. The zero-order valence-corrected chi connectivity index (χ0v) is 11.8. The summed E-state index contributed by atoms with van der Waals surface area (Å²) < 4.78 is 9.16. The van der Waals surface area contributed by atoms with E-state index < -0.39 is 18.0 Å². The molecule has 0 fully saturated rings. The molecule has 0 bridgehead atoms. The van der Waals surface area contributed by atoms with Crippen molar-refractivity contribution < 1.29 is 19.1 Å². The Hall–Kier alpha value is -2.77. The van der Waals surface area contributed by atoms with E-state index in [1.807, 2.05) is 0 Å². The fraction of sp³-hybridized carbons (Fsp3) is 0.308. The van der Waals surface area contributed by atoms with Gasteiger partial charge in [-0.25, -0.2) is 9.59 Å². The maximum atomic E-state index is 11.6. The number of nitrogens with one attached hydrogen (secondary N) is 1. The van der Waals surface area contributed by atoms with Gasteiger partial charge >= 0.3 is 11.9 Å². The van der Waals surface area contributed by atoms with Gasteiger partial charge in [-0.05, 0) is 19.1 Å². The number of methoxy groups -OCH3 is 2. The van der Waals surface area contributed by atoms with Crippen LogP contribution >= 0.6 is 0 Å². The van der Waals surface area contributed by atoms with Crippen LogP contribution in [0.15, 0.2) is 34.5 Å². The standard InChI is InChI=1S/C13H15N3O5/c1-8(16-19)11(13(18)21-3)15-14-10-7-5-4-6-9(10)12(17)20-2/h4-8,14H,1-3H3/b15-11+. The van der Waals surface area contributed by atoms with Crippen molar-refractivity contribution >= 4 is 23.3 Å². The Labute approximate surface area is 121 Å². The van der Waals surface area contributed by atoms with Gasteiger partial charge in [0, 0.05) is 0 Å². The number of anilines is 1. The van der Waals surface area contributed by atoms with Gasteiger partial charge in [0.25, 0.3) is 0 Å². The minimum Gasteiger partial charge on any atom is -0.465 e. The third kappa shape index (κ3) is 4.10. The normalized spacial score (nSPS) is 12.2. The zero-order valence-electron chi connectivity index (χ0n) is 11.8. The summed E-state index contributed by atoms with van der Waals surface area (Å²) in [6.45, 7) is 1.40. The van der Waals surface area contributed by atoms with Crippen LogP contribution in [0, 0.1) is 4.91 Å². The van der Waals surface area contributed by atoms with Crippen LogP contribution in [0.25, 0.3) is 0 Å². The van der Waals surface area contributed by atoms with Gasteiger partial charge in [-0.15, -0.1) is 0 Å². The van der Waals surface area contributed by atoms with E-state index in [1.165, 1.54) is 20.1 Å². The second kappa shape index (κ2) is 7.73. The smallest absolute Gasteiger partial charge is 0.356 e. The number of hydrazone groups is 1. The van der Waals surface area contributed by atoms with Crippen molar-refractivity contribution in [3.8, 4) is 0 Å². The molecule has 1 aromatic rings. The van der Waals surface area contributed by atoms with Gasteiger partial charge in [-0.2, -0.15) is 10.0 Å². The predicted octanol–water partition coefficient (Wildman–Crippen LogP) is 1.57. The zero-order chi connectivity index (χ0) is 15.8. The number of nitrogens with zero attached hydrogens (tertiary/aromatic N) is 2. The highest BCUT2D eigenvalue weighted by molar-refractivity contribution is 6.38. The van der Waals surface area contributed by atoms with Gasteiger partial charge in [-0.1, -0.05) is 17.3 Å². The number of nitroso groups, excluding NO2 is 1. The van der Waals surface area contributed by atoms with Gasteiger partial charge in [0.05, 0.1) is 25.5 Å². The molecule has 0 heterocycles. The van der Waals surface area contributed by atoms with E-state index >= 15 is 0 Å². The lowest BCUT2D eigenvalue weighted by Gasteiger charge is -2.09. The first kappa shape index (κ1) is 16.3. The Bertz CT molecular complexity index is 571. The van der Waals surface area contributed by atoms with Crippen molar-refractivity contribution in [3.63, 3.8) is 0 Å². The van der Waals surface area contributed by atoms with E-state index in [-0.39, 0.29) is 11.3 Å². The van der Waals surface area contributed by atoms with Crippen LogP contribution in [0.5, 0.6) is 0 Å². The number of esters is 2. The molecule has 8 nitrogen and oxygen atoms in total. The van der Waals surface area contributed by atoms with Crippen LogP contribution in [0.3, 0.4) is 0 Å². The van der Waals surface area contributed by atoms with Gasteiger partial charge in [-0.3, -0.25) is 5.43 Å². The maximum Gasteiger partial charge on any atom is 0.356 e. The average Bonchev–Trinajstić information content (AvgIpc) is 2.53. The number of hydrogen-bond donors (Lipinski definition) is 1. The molecular formula is C13H15N3O5. The molecule has 1 atom stereocenters. The van der Waals surface area contributed by atoms with Crippen molar-refractivity contribution in [2.75, 3.05) is 19.6 Å². The van der Waals surface area contributed by atoms with Crippen molar-refractivity contribution in [1.29, 1.82) is 0 Å². The summed E-state index contributed by atoms with van der Waals surface area (Å²) in [5, 5.41) is 6.53. The van der Waals surface area contributed by atoms with E-state index in [2.05, 4.69) is 25.2 Å². The number of hydrogen-bond acceptors (Lipinski definition) is 8. The monoisotopic (exact) mass is 293 g/mol. The van der Waals surface area contributed by atoms with Crippen molar-refractivity contribution in [1.82, 2.24) is 0 Å². The predicted molar refractivity (Wildman–Crippen MR) is 76.1 cm³/mol. The topological polar surface area (TPSA) is 106 Å². The Morgan fingerprint density at radius 1 is 1.19 bits per heavy atom. The molecule has 0 aromatic heterocycles. The highest BCUT2D eigenvalue weighted by Gasteiger charge is 2.21. The van der Waals surface area contributed by atoms with Crippen molar-refractivity contribution in [3.05, 3.63) is 34.7 Å². The molecular weight excluding hydrogens is 278 g/mol. The lowest BCUT2D eigenvalue weighted by atomic mass is 10.2. The second-order valence-corrected chi connectivity index (χ2v) is 3.92. The van der Waals surface area contributed by atoms with E-state index in [0.717, 1.165) is 7.11 Å². The molecule has 0 radical (unpaired) electrons. The van der Waals surface area contributed by atoms with Crippen LogP contribution in [0.2, 0.25) is 0 Å². The molecule has 0 aliphatic carbocycles. The number of carbonyl (C=O) groups excluding carboxylic acids is 2. The van der Waals surface area contributed by atoms with E-state index in [9.17, 15) is 14.5 Å². The third-order valence-corrected chi connectivity index (χ3v) is 2.58. The van der Waals surface area contributed by atoms with Crippen LogP contribution in [-0.4, -0.2) is 37.9 Å². The fourth-order valence-electron chi connectivity index (χ4n) is 1.45. The molecule has 112 valence electrons. The Kier molecular flexibility index (Phi) is 5.99. The fourth-order valence-corrected chi connectivity index (χ4v) is 1.45. The number of rotatable bonds is 6. The molecule has 0 amide bonds. The van der Waals surface area contributed by atoms with E-state index in [4.69, 9.17) is 0 Å². The largest absolute Gasteiger partial charge is 0.465 e. The summed E-state index contributed by atoms with van der Waals surface area (Å²) in [6, 6.07) is 5.43. The lowest BCUT2D eigenvalue weighted by molar-refractivity contribution is -0.132. The van der Waals surface area contributed by atoms with Crippen LogP contribution in [0.4, 0.5) is 5.69 Å².